The van der Waals surface area contributed by atoms with Gasteiger partial charge < -0.3 is 10.4 Å². The molecule has 20 heavy (non-hydrogen) atoms. The molecule has 0 fully saturated rings. The van der Waals surface area contributed by atoms with E-state index >= 15 is 0 Å². The van der Waals surface area contributed by atoms with Gasteiger partial charge in [0.2, 0.25) is 0 Å². The van der Waals surface area contributed by atoms with Crippen LogP contribution in [-0.2, 0) is 0 Å². The molecule has 1 amide bonds. The minimum atomic E-state index is -1.28. The molecule has 1 aromatic carbocycles. The van der Waals surface area contributed by atoms with Gasteiger partial charge in [0.1, 0.15) is 17.3 Å². The second-order valence-electron chi connectivity index (χ2n) is 3.81. The smallest absolute Gasteiger partial charge is 0.354 e. The lowest BCUT2D eigenvalue weighted by Crippen LogP contribution is -2.14. The largest absolute Gasteiger partial charge is 0.477 e. The molecule has 1 heterocycles. The van der Waals surface area contributed by atoms with Gasteiger partial charge in [0.05, 0.1) is 5.69 Å². The Hall–Kier alpha value is -2.83. The SMILES string of the molecule is O=C(Nc1ccc(F)cc1F)c1ccnc(C(=O)O)c1. The Morgan fingerprint density at radius 2 is 1.90 bits per heavy atom. The van der Waals surface area contributed by atoms with E-state index in [0.717, 1.165) is 24.4 Å². The van der Waals surface area contributed by atoms with Gasteiger partial charge in [0, 0.05) is 17.8 Å². The zero-order valence-corrected chi connectivity index (χ0v) is 9.93. The van der Waals surface area contributed by atoms with Crippen molar-refractivity contribution in [1.29, 1.82) is 0 Å². The summed E-state index contributed by atoms with van der Waals surface area (Å²) >= 11 is 0. The summed E-state index contributed by atoms with van der Waals surface area (Å²) in [4.78, 5) is 26.1. The van der Waals surface area contributed by atoms with Crippen molar-refractivity contribution in [3.8, 4) is 0 Å². The van der Waals surface area contributed by atoms with E-state index < -0.39 is 23.5 Å². The third-order valence-corrected chi connectivity index (χ3v) is 2.42. The molecule has 5 nitrogen and oxygen atoms in total. The molecule has 0 bridgehead atoms. The van der Waals surface area contributed by atoms with Crippen LogP contribution < -0.4 is 5.32 Å². The van der Waals surface area contributed by atoms with Gasteiger partial charge in [-0.1, -0.05) is 0 Å². The first-order valence-corrected chi connectivity index (χ1v) is 5.43. The molecule has 0 radical (unpaired) electrons. The highest BCUT2D eigenvalue weighted by atomic mass is 19.1. The summed E-state index contributed by atoms with van der Waals surface area (Å²) < 4.78 is 26.1. The molecular weight excluding hydrogens is 270 g/mol. The molecule has 0 atom stereocenters. The van der Waals surface area contributed by atoms with E-state index in [-0.39, 0.29) is 16.9 Å². The first kappa shape index (κ1) is 13.6. The molecule has 0 unspecified atom stereocenters. The molecule has 102 valence electrons. The topological polar surface area (TPSA) is 79.3 Å². The number of carbonyl (C=O) groups is 2. The van der Waals surface area contributed by atoms with Gasteiger partial charge in [-0.15, -0.1) is 0 Å². The van der Waals surface area contributed by atoms with Gasteiger partial charge in [-0.2, -0.15) is 0 Å². The maximum Gasteiger partial charge on any atom is 0.354 e. The van der Waals surface area contributed by atoms with Crippen LogP contribution in [0.5, 0.6) is 0 Å². The fraction of sp³-hybridized carbons (Fsp3) is 0. The fourth-order valence-electron chi connectivity index (χ4n) is 1.47. The van der Waals surface area contributed by atoms with Crippen molar-refractivity contribution in [2.24, 2.45) is 0 Å². The van der Waals surface area contributed by atoms with Crippen molar-refractivity contribution in [2.75, 3.05) is 5.32 Å². The van der Waals surface area contributed by atoms with Crippen molar-refractivity contribution in [3.05, 3.63) is 59.4 Å². The molecule has 7 heteroatoms. The summed E-state index contributed by atoms with van der Waals surface area (Å²) in [5, 5.41) is 11.0. The number of hydrogen-bond acceptors (Lipinski definition) is 3. The number of hydrogen-bond donors (Lipinski definition) is 2. The van der Waals surface area contributed by atoms with E-state index in [1.54, 1.807) is 0 Å². The first-order chi connectivity index (χ1) is 9.47. The summed E-state index contributed by atoms with van der Waals surface area (Å²) in [5.41, 5.74) is -0.511. The molecule has 0 aliphatic rings. The molecule has 0 saturated heterocycles. The Kier molecular flexibility index (Phi) is 3.69. The Balaban J connectivity index is 2.24. The molecule has 0 spiro atoms. The Bertz CT molecular complexity index is 689. The van der Waals surface area contributed by atoms with E-state index in [2.05, 4.69) is 10.3 Å². The minimum Gasteiger partial charge on any atom is -0.477 e. The van der Waals surface area contributed by atoms with Gasteiger partial charge in [0.15, 0.2) is 0 Å². The van der Waals surface area contributed by atoms with E-state index in [4.69, 9.17) is 5.11 Å². The van der Waals surface area contributed by atoms with Crippen molar-refractivity contribution >= 4 is 17.6 Å². The van der Waals surface area contributed by atoms with Crippen molar-refractivity contribution < 1.29 is 23.5 Å². The number of aromatic carboxylic acids is 1. The zero-order chi connectivity index (χ0) is 14.7. The summed E-state index contributed by atoms with van der Waals surface area (Å²) in [6, 6.07) is 5.03. The summed E-state index contributed by atoms with van der Waals surface area (Å²) in [5.74, 6) is -3.70. The molecule has 2 aromatic rings. The van der Waals surface area contributed by atoms with Crippen LogP contribution in [0.1, 0.15) is 20.8 Å². The fourth-order valence-corrected chi connectivity index (χ4v) is 1.47. The monoisotopic (exact) mass is 278 g/mol. The number of amides is 1. The van der Waals surface area contributed by atoms with Crippen LogP contribution in [-0.4, -0.2) is 22.0 Å². The van der Waals surface area contributed by atoms with Crippen LogP contribution in [0.4, 0.5) is 14.5 Å². The van der Waals surface area contributed by atoms with Crippen LogP contribution in [0.15, 0.2) is 36.5 Å². The molecule has 1 aromatic heterocycles. The average molecular weight is 278 g/mol. The molecule has 2 rings (SSSR count). The van der Waals surface area contributed by atoms with Crippen LogP contribution in [0.2, 0.25) is 0 Å². The van der Waals surface area contributed by atoms with Gasteiger partial charge in [-0.25, -0.2) is 18.6 Å². The van der Waals surface area contributed by atoms with Crippen molar-refractivity contribution in [2.45, 2.75) is 0 Å². The molecule has 2 N–H and O–H groups in total. The number of nitrogens with one attached hydrogen (secondary N) is 1. The Morgan fingerprint density at radius 1 is 1.15 bits per heavy atom. The lowest BCUT2D eigenvalue weighted by Gasteiger charge is -2.06. The number of benzene rings is 1. The summed E-state index contributed by atoms with van der Waals surface area (Å²) in [7, 11) is 0. The Morgan fingerprint density at radius 3 is 2.55 bits per heavy atom. The summed E-state index contributed by atoms with van der Waals surface area (Å²) in [6.07, 6.45) is 1.15. The number of anilines is 1. The van der Waals surface area contributed by atoms with Gasteiger partial charge in [0.25, 0.3) is 5.91 Å². The second kappa shape index (κ2) is 5.43. The number of carbonyl (C=O) groups excluding carboxylic acids is 1. The summed E-state index contributed by atoms with van der Waals surface area (Å²) in [6.45, 7) is 0. The van der Waals surface area contributed by atoms with Gasteiger partial charge in [-0.3, -0.25) is 4.79 Å². The number of aromatic nitrogens is 1. The van der Waals surface area contributed by atoms with E-state index in [9.17, 15) is 18.4 Å². The highest BCUT2D eigenvalue weighted by Crippen LogP contribution is 2.16. The minimum absolute atomic E-state index is 0.00104. The third kappa shape index (κ3) is 2.94. The first-order valence-electron chi connectivity index (χ1n) is 5.43. The molecular formula is C13H8F2N2O3. The quantitative estimate of drug-likeness (QED) is 0.903. The highest BCUT2D eigenvalue weighted by molar-refractivity contribution is 6.05. The van der Waals surface area contributed by atoms with Gasteiger partial charge in [-0.05, 0) is 24.3 Å². The lowest BCUT2D eigenvalue weighted by molar-refractivity contribution is 0.0690. The number of carboxylic acids is 1. The number of rotatable bonds is 3. The standard InChI is InChI=1S/C13H8F2N2O3/c14-8-1-2-10(9(15)6-8)17-12(18)7-3-4-16-11(5-7)13(19)20/h1-6H,(H,17,18)(H,19,20). The normalized spacial score (nSPS) is 10.1. The maximum absolute atomic E-state index is 13.4. The third-order valence-electron chi connectivity index (χ3n) is 2.42. The molecule has 0 aliphatic heterocycles. The number of halogens is 2. The van der Waals surface area contributed by atoms with Gasteiger partial charge >= 0.3 is 5.97 Å². The predicted octanol–water partition coefficient (Wildman–Crippen LogP) is 2.31. The average Bonchev–Trinajstić information content (AvgIpc) is 2.42. The van der Waals surface area contributed by atoms with Crippen molar-refractivity contribution in [1.82, 2.24) is 4.98 Å². The van der Waals surface area contributed by atoms with Crippen molar-refractivity contribution in [3.63, 3.8) is 0 Å². The molecule has 0 aliphatic carbocycles. The second-order valence-corrected chi connectivity index (χ2v) is 3.81. The maximum atomic E-state index is 13.4. The highest BCUT2D eigenvalue weighted by Gasteiger charge is 2.13. The van der Waals surface area contributed by atoms with Crippen LogP contribution in [0.25, 0.3) is 0 Å². The van der Waals surface area contributed by atoms with E-state index in [1.807, 2.05) is 0 Å². The van der Waals surface area contributed by atoms with Crippen LogP contribution in [0.3, 0.4) is 0 Å². The number of carboxylic acid groups (broad SMARTS) is 1. The van der Waals surface area contributed by atoms with Crippen LogP contribution in [0, 0.1) is 11.6 Å². The number of nitrogens with zero attached hydrogens (tertiary/aromatic N) is 1. The predicted molar refractivity (Wildman–Crippen MR) is 65.5 cm³/mol. The van der Waals surface area contributed by atoms with E-state index in [0.29, 0.717) is 6.07 Å². The lowest BCUT2D eigenvalue weighted by atomic mass is 10.2. The zero-order valence-electron chi connectivity index (χ0n) is 9.93. The van der Waals surface area contributed by atoms with Crippen LogP contribution >= 0.6 is 0 Å². The van der Waals surface area contributed by atoms with E-state index in [1.165, 1.54) is 6.07 Å². The number of pyridine rings is 1. The Labute approximate surface area is 111 Å². The molecule has 0 saturated carbocycles.